The molecule has 0 amide bonds. The number of rotatable bonds is 5. The molecule has 1 heterocycles. The van der Waals surface area contributed by atoms with Gasteiger partial charge in [0.05, 0.1) is 6.61 Å². The molecule has 0 unspecified atom stereocenters. The van der Waals surface area contributed by atoms with Crippen LogP contribution in [0.15, 0.2) is 0 Å². The zero-order valence-electron chi connectivity index (χ0n) is 9.12. The number of ether oxygens (including phenoxy) is 1. The number of hydrogen-bond donors (Lipinski definition) is 0. The molecule has 1 rings (SSSR count). The van der Waals surface area contributed by atoms with Crippen molar-refractivity contribution < 1.29 is 4.74 Å². The predicted molar refractivity (Wildman–Crippen MR) is 55.0 cm³/mol. The molecule has 1 atom stereocenters. The molecule has 0 radical (unpaired) electrons. The van der Waals surface area contributed by atoms with Crippen LogP contribution in [0.1, 0.15) is 12.8 Å². The fourth-order valence-corrected chi connectivity index (χ4v) is 1.90. The molecule has 0 N–H and O–H groups in total. The summed E-state index contributed by atoms with van der Waals surface area (Å²) in [5.74, 6) is 0. The molecule has 1 aliphatic heterocycles. The molecule has 0 aromatic rings. The van der Waals surface area contributed by atoms with Crippen molar-refractivity contribution in [1.29, 1.82) is 0 Å². The van der Waals surface area contributed by atoms with Gasteiger partial charge < -0.3 is 9.64 Å². The van der Waals surface area contributed by atoms with Crippen LogP contribution in [0, 0.1) is 0 Å². The summed E-state index contributed by atoms with van der Waals surface area (Å²) in [4.78, 5) is 4.78. The second-order valence-corrected chi connectivity index (χ2v) is 4.09. The van der Waals surface area contributed by atoms with Gasteiger partial charge in [-0.05, 0) is 33.5 Å². The van der Waals surface area contributed by atoms with Gasteiger partial charge in [-0.15, -0.1) is 0 Å². The normalized spacial score (nSPS) is 24.5. The van der Waals surface area contributed by atoms with Crippen LogP contribution in [0.2, 0.25) is 0 Å². The molecule has 0 spiro atoms. The van der Waals surface area contributed by atoms with E-state index in [1.165, 1.54) is 25.9 Å². The Bertz CT molecular complexity index is 139. The quantitative estimate of drug-likeness (QED) is 0.627. The van der Waals surface area contributed by atoms with Gasteiger partial charge in [-0.25, -0.2) is 0 Å². The molecule has 1 aliphatic rings. The summed E-state index contributed by atoms with van der Waals surface area (Å²) >= 11 is 0. The Balaban J connectivity index is 2.22. The van der Waals surface area contributed by atoms with E-state index >= 15 is 0 Å². The summed E-state index contributed by atoms with van der Waals surface area (Å²) < 4.78 is 5.21. The summed E-state index contributed by atoms with van der Waals surface area (Å²) in [6.45, 7) is 4.48. The molecule has 0 bridgehead atoms. The van der Waals surface area contributed by atoms with Gasteiger partial charge in [0.1, 0.15) is 0 Å². The lowest BCUT2D eigenvalue weighted by Gasteiger charge is -2.25. The average Bonchev–Trinajstić information content (AvgIpc) is 2.49. The molecular formula is C10H22N2O. The van der Waals surface area contributed by atoms with Crippen LogP contribution in [0.25, 0.3) is 0 Å². The van der Waals surface area contributed by atoms with Crippen molar-refractivity contribution in [3.8, 4) is 0 Å². The standard InChI is InChI=1S/C10H22N2O/c1-11(2)7-8-12-6-4-5-10(12)9-13-3/h10H,4-9H2,1-3H3/t10-/m0/s1. The van der Waals surface area contributed by atoms with Crippen LogP contribution in [0.3, 0.4) is 0 Å². The van der Waals surface area contributed by atoms with E-state index < -0.39 is 0 Å². The van der Waals surface area contributed by atoms with Gasteiger partial charge in [0, 0.05) is 26.2 Å². The largest absolute Gasteiger partial charge is 0.383 e. The second-order valence-electron chi connectivity index (χ2n) is 4.09. The van der Waals surface area contributed by atoms with Crippen LogP contribution >= 0.6 is 0 Å². The highest BCUT2D eigenvalue weighted by Crippen LogP contribution is 2.16. The molecule has 0 aromatic carbocycles. The Morgan fingerprint density at radius 3 is 2.85 bits per heavy atom. The summed E-state index contributed by atoms with van der Waals surface area (Å²) in [5.41, 5.74) is 0. The maximum Gasteiger partial charge on any atom is 0.0618 e. The zero-order chi connectivity index (χ0) is 9.68. The first kappa shape index (κ1) is 11.0. The van der Waals surface area contributed by atoms with Crippen molar-refractivity contribution in [2.75, 3.05) is 47.4 Å². The lowest BCUT2D eigenvalue weighted by molar-refractivity contribution is 0.111. The van der Waals surface area contributed by atoms with Crippen LogP contribution in [-0.2, 0) is 4.74 Å². The van der Waals surface area contributed by atoms with Gasteiger partial charge in [0.2, 0.25) is 0 Å². The molecule has 0 saturated carbocycles. The maximum absolute atomic E-state index is 5.21. The van der Waals surface area contributed by atoms with Crippen molar-refractivity contribution in [1.82, 2.24) is 9.80 Å². The lowest BCUT2D eigenvalue weighted by Crippen LogP contribution is -2.37. The fourth-order valence-electron chi connectivity index (χ4n) is 1.90. The zero-order valence-corrected chi connectivity index (χ0v) is 9.12. The van der Waals surface area contributed by atoms with Crippen molar-refractivity contribution in [3.63, 3.8) is 0 Å². The minimum atomic E-state index is 0.671. The van der Waals surface area contributed by atoms with Crippen molar-refractivity contribution in [2.45, 2.75) is 18.9 Å². The second kappa shape index (κ2) is 5.58. The van der Waals surface area contributed by atoms with E-state index in [2.05, 4.69) is 23.9 Å². The molecule has 1 saturated heterocycles. The third kappa shape index (κ3) is 3.63. The first-order valence-corrected chi connectivity index (χ1v) is 5.11. The first-order chi connectivity index (χ1) is 6.24. The molecule has 3 heteroatoms. The number of likely N-dealkylation sites (tertiary alicyclic amines) is 1. The minimum Gasteiger partial charge on any atom is -0.383 e. The van der Waals surface area contributed by atoms with Crippen molar-refractivity contribution in [3.05, 3.63) is 0 Å². The predicted octanol–water partition coefficient (Wildman–Crippen LogP) is 0.659. The maximum atomic E-state index is 5.21. The smallest absolute Gasteiger partial charge is 0.0618 e. The van der Waals surface area contributed by atoms with Gasteiger partial charge in [-0.1, -0.05) is 0 Å². The first-order valence-electron chi connectivity index (χ1n) is 5.11. The van der Waals surface area contributed by atoms with Gasteiger partial charge in [0.15, 0.2) is 0 Å². The summed E-state index contributed by atoms with van der Waals surface area (Å²) in [6.07, 6.45) is 2.64. The number of hydrogen-bond acceptors (Lipinski definition) is 3. The SMILES string of the molecule is COC[C@@H]1CCCN1CCN(C)C. The van der Waals surface area contributed by atoms with E-state index in [4.69, 9.17) is 4.74 Å². The Morgan fingerprint density at radius 2 is 2.23 bits per heavy atom. The van der Waals surface area contributed by atoms with Gasteiger partial charge >= 0.3 is 0 Å². The Morgan fingerprint density at radius 1 is 1.46 bits per heavy atom. The van der Waals surface area contributed by atoms with Crippen molar-refractivity contribution in [2.24, 2.45) is 0 Å². The summed E-state index contributed by atoms with van der Waals surface area (Å²) in [5, 5.41) is 0. The molecular weight excluding hydrogens is 164 g/mol. The highest BCUT2D eigenvalue weighted by atomic mass is 16.5. The average molecular weight is 186 g/mol. The third-order valence-electron chi connectivity index (χ3n) is 2.69. The monoisotopic (exact) mass is 186 g/mol. The highest BCUT2D eigenvalue weighted by molar-refractivity contribution is 4.78. The number of likely N-dealkylation sites (N-methyl/N-ethyl adjacent to an activating group) is 1. The van der Waals surface area contributed by atoms with E-state index in [1.807, 2.05) is 0 Å². The molecule has 78 valence electrons. The van der Waals surface area contributed by atoms with Crippen LogP contribution < -0.4 is 0 Å². The van der Waals surface area contributed by atoms with Gasteiger partial charge in [0.25, 0.3) is 0 Å². The molecule has 0 aromatic heterocycles. The van der Waals surface area contributed by atoms with E-state index in [-0.39, 0.29) is 0 Å². The minimum absolute atomic E-state index is 0.671. The van der Waals surface area contributed by atoms with Gasteiger partial charge in [-0.2, -0.15) is 0 Å². The summed E-state index contributed by atoms with van der Waals surface area (Å²) in [6, 6.07) is 0.671. The highest BCUT2D eigenvalue weighted by Gasteiger charge is 2.23. The molecule has 1 fully saturated rings. The van der Waals surface area contributed by atoms with E-state index in [0.717, 1.165) is 13.2 Å². The lowest BCUT2D eigenvalue weighted by atomic mass is 10.2. The van der Waals surface area contributed by atoms with Crippen LogP contribution in [0.5, 0.6) is 0 Å². The Labute approximate surface area is 81.7 Å². The topological polar surface area (TPSA) is 15.7 Å². The van der Waals surface area contributed by atoms with Crippen LogP contribution in [0.4, 0.5) is 0 Å². The number of methoxy groups -OCH3 is 1. The van der Waals surface area contributed by atoms with E-state index in [9.17, 15) is 0 Å². The fraction of sp³-hybridized carbons (Fsp3) is 1.00. The van der Waals surface area contributed by atoms with Gasteiger partial charge in [-0.3, -0.25) is 4.90 Å². The number of nitrogens with zero attached hydrogens (tertiary/aromatic N) is 2. The molecule has 3 nitrogen and oxygen atoms in total. The van der Waals surface area contributed by atoms with E-state index in [1.54, 1.807) is 7.11 Å². The molecule has 13 heavy (non-hydrogen) atoms. The van der Waals surface area contributed by atoms with E-state index in [0.29, 0.717) is 6.04 Å². The van der Waals surface area contributed by atoms with Crippen LogP contribution in [-0.4, -0.2) is 63.3 Å². The third-order valence-corrected chi connectivity index (χ3v) is 2.69. The molecule has 0 aliphatic carbocycles. The summed E-state index contributed by atoms with van der Waals surface area (Å²) in [7, 11) is 6.05. The Hall–Kier alpha value is -0.120. The van der Waals surface area contributed by atoms with Crippen molar-refractivity contribution >= 4 is 0 Å². The Kier molecular flexibility index (Phi) is 4.70.